The lowest BCUT2D eigenvalue weighted by Crippen LogP contribution is -2.00. The van der Waals surface area contributed by atoms with E-state index in [9.17, 15) is 8.78 Å². The van der Waals surface area contributed by atoms with E-state index in [1.165, 1.54) is 12.1 Å². The standard InChI is InChI=1S/C10H13F2N/c11-9-5-4-8(10(12)7-9)3-1-2-6-13/h4-5,7H,1-3,6,13H2. The van der Waals surface area contributed by atoms with Crippen molar-refractivity contribution in [2.24, 2.45) is 5.73 Å². The molecule has 1 nitrogen and oxygen atoms in total. The van der Waals surface area contributed by atoms with E-state index in [4.69, 9.17) is 5.73 Å². The van der Waals surface area contributed by atoms with Crippen molar-refractivity contribution in [3.05, 3.63) is 35.4 Å². The van der Waals surface area contributed by atoms with Crippen molar-refractivity contribution in [3.8, 4) is 0 Å². The summed E-state index contributed by atoms with van der Waals surface area (Å²) in [6.45, 7) is 0.614. The number of hydrogen-bond acceptors (Lipinski definition) is 1. The van der Waals surface area contributed by atoms with Gasteiger partial charge in [-0.05, 0) is 37.4 Å². The zero-order valence-electron chi connectivity index (χ0n) is 7.39. The maximum absolute atomic E-state index is 13.0. The smallest absolute Gasteiger partial charge is 0.129 e. The molecule has 0 aliphatic rings. The second kappa shape index (κ2) is 4.92. The Morgan fingerprint density at radius 2 is 1.92 bits per heavy atom. The normalized spacial score (nSPS) is 10.4. The molecule has 0 aliphatic carbocycles. The van der Waals surface area contributed by atoms with E-state index in [0.29, 0.717) is 18.5 Å². The molecule has 0 amide bonds. The number of hydrogen-bond donors (Lipinski definition) is 1. The molecule has 0 bridgehead atoms. The Bertz CT molecular complexity index is 274. The van der Waals surface area contributed by atoms with E-state index in [-0.39, 0.29) is 0 Å². The van der Waals surface area contributed by atoms with Gasteiger partial charge in [-0.15, -0.1) is 0 Å². The lowest BCUT2D eigenvalue weighted by atomic mass is 10.1. The summed E-state index contributed by atoms with van der Waals surface area (Å²) in [4.78, 5) is 0. The van der Waals surface area contributed by atoms with Crippen LogP contribution in [0.3, 0.4) is 0 Å². The topological polar surface area (TPSA) is 26.0 Å². The first-order valence-corrected chi connectivity index (χ1v) is 4.38. The lowest BCUT2D eigenvalue weighted by molar-refractivity contribution is 0.567. The maximum Gasteiger partial charge on any atom is 0.129 e. The van der Waals surface area contributed by atoms with Crippen molar-refractivity contribution < 1.29 is 8.78 Å². The highest BCUT2D eigenvalue weighted by Crippen LogP contribution is 2.11. The number of halogens is 2. The molecule has 13 heavy (non-hydrogen) atoms. The molecule has 0 saturated heterocycles. The molecule has 1 aromatic carbocycles. The van der Waals surface area contributed by atoms with Gasteiger partial charge in [0.1, 0.15) is 11.6 Å². The van der Waals surface area contributed by atoms with Crippen LogP contribution in [-0.2, 0) is 6.42 Å². The van der Waals surface area contributed by atoms with Crippen LogP contribution in [0.4, 0.5) is 8.78 Å². The van der Waals surface area contributed by atoms with Gasteiger partial charge in [-0.1, -0.05) is 6.07 Å². The second-order valence-electron chi connectivity index (χ2n) is 2.98. The number of unbranched alkanes of at least 4 members (excludes halogenated alkanes) is 1. The fourth-order valence-electron chi connectivity index (χ4n) is 1.18. The highest BCUT2D eigenvalue weighted by atomic mass is 19.1. The summed E-state index contributed by atoms with van der Waals surface area (Å²) < 4.78 is 25.5. The molecule has 1 rings (SSSR count). The molecule has 0 atom stereocenters. The molecule has 1 aromatic rings. The van der Waals surface area contributed by atoms with Gasteiger partial charge in [0.05, 0.1) is 0 Å². The predicted molar refractivity (Wildman–Crippen MR) is 48.4 cm³/mol. The van der Waals surface area contributed by atoms with Gasteiger partial charge in [-0.25, -0.2) is 8.78 Å². The van der Waals surface area contributed by atoms with E-state index in [2.05, 4.69) is 0 Å². The quantitative estimate of drug-likeness (QED) is 0.715. The minimum atomic E-state index is -0.528. The fourth-order valence-corrected chi connectivity index (χ4v) is 1.18. The fraction of sp³-hybridized carbons (Fsp3) is 0.400. The van der Waals surface area contributed by atoms with Crippen LogP contribution in [0.25, 0.3) is 0 Å². The van der Waals surface area contributed by atoms with E-state index in [0.717, 1.165) is 18.9 Å². The molecule has 0 saturated carbocycles. The number of nitrogens with two attached hydrogens (primary N) is 1. The summed E-state index contributed by atoms with van der Waals surface area (Å²) in [7, 11) is 0. The first-order valence-electron chi connectivity index (χ1n) is 4.38. The van der Waals surface area contributed by atoms with Crippen LogP contribution in [-0.4, -0.2) is 6.54 Å². The van der Waals surface area contributed by atoms with Crippen LogP contribution in [0.5, 0.6) is 0 Å². The summed E-state index contributed by atoms with van der Waals surface area (Å²) in [5.74, 6) is -0.989. The molecule has 0 spiro atoms. The third-order valence-electron chi connectivity index (χ3n) is 1.92. The Hall–Kier alpha value is -0.960. The summed E-state index contributed by atoms with van der Waals surface area (Å²) in [5, 5.41) is 0. The Morgan fingerprint density at radius 3 is 2.54 bits per heavy atom. The van der Waals surface area contributed by atoms with Crippen LogP contribution in [0.2, 0.25) is 0 Å². The van der Waals surface area contributed by atoms with Gasteiger partial charge in [-0.3, -0.25) is 0 Å². The van der Waals surface area contributed by atoms with Gasteiger partial charge < -0.3 is 5.73 Å². The van der Waals surface area contributed by atoms with E-state index >= 15 is 0 Å². The van der Waals surface area contributed by atoms with Crippen molar-refractivity contribution in [2.45, 2.75) is 19.3 Å². The van der Waals surface area contributed by atoms with Gasteiger partial charge in [0, 0.05) is 6.07 Å². The van der Waals surface area contributed by atoms with Crippen molar-refractivity contribution in [2.75, 3.05) is 6.54 Å². The molecule has 3 heteroatoms. The highest BCUT2D eigenvalue weighted by Gasteiger charge is 2.02. The van der Waals surface area contributed by atoms with Gasteiger partial charge in [0.15, 0.2) is 0 Å². The van der Waals surface area contributed by atoms with Crippen LogP contribution >= 0.6 is 0 Å². The first kappa shape index (κ1) is 10.1. The van der Waals surface area contributed by atoms with Crippen LogP contribution in [0.15, 0.2) is 18.2 Å². The number of rotatable bonds is 4. The number of aryl methyl sites for hydroxylation is 1. The zero-order valence-corrected chi connectivity index (χ0v) is 7.39. The largest absolute Gasteiger partial charge is 0.330 e. The third kappa shape index (κ3) is 3.11. The van der Waals surface area contributed by atoms with Gasteiger partial charge >= 0.3 is 0 Å². The molecule has 2 N–H and O–H groups in total. The molecule has 0 heterocycles. The van der Waals surface area contributed by atoms with Crippen molar-refractivity contribution in [3.63, 3.8) is 0 Å². The Kier molecular flexibility index (Phi) is 3.83. The van der Waals surface area contributed by atoms with E-state index < -0.39 is 11.6 Å². The maximum atomic E-state index is 13.0. The molecular formula is C10H13F2N. The Morgan fingerprint density at radius 1 is 1.15 bits per heavy atom. The monoisotopic (exact) mass is 185 g/mol. The van der Waals surface area contributed by atoms with Crippen LogP contribution in [0.1, 0.15) is 18.4 Å². The van der Waals surface area contributed by atoms with Crippen molar-refractivity contribution in [1.29, 1.82) is 0 Å². The summed E-state index contributed by atoms with van der Waals surface area (Å²) >= 11 is 0. The predicted octanol–water partition coefficient (Wildman–Crippen LogP) is 2.25. The molecule has 0 aliphatic heterocycles. The van der Waals surface area contributed by atoms with Crippen LogP contribution in [0, 0.1) is 11.6 Å². The summed E-state index contributed by atoms with van der Waals surface area (Å²) in [5.41, 5.74) is 5.87. The first-order chi connectivity index (χ1) is 6.24. The third-order valence-corrected chi connectivity index (χ3v) is 1.92. The average molecular weight is 185 g/mol. The van der Waals surface area contributed by atoms with Crippen molar-refractivity contribution >= 4 is 0 Å². The zero-order chi connectivity index (χ0) is 9.68. The van der Waals surface area contributed by atoms with Crippen LogP contribution < -0.4 is 5.73 Å². The molecule has 0 unspecified atom stereocenters. The minimum absolute atomic E-state index is 0.461. The van der Waals surface area contributed by atoms with E-state index in [1.807, 2.05) is 0 Å². The molecule has 0 fully saturated rings. The van der Waals surface area contributed by atoms with Gasteiger partial charge in [0.2, 0.25) is 0 Å². The van der Waals surface area contributed by atoms with E-state index in [1.54, 1.807) is 0 Å². The molecule has 72 valence electrons. The summed E-state index contributed by atoms with van der Waals surface area (Å²) in [6, 6.07) is 3.68. The lowest BCUT2D eigenvalue weighted by Gasteiger charge is -2.01. The average Bonchev–Trinajstić information content (AvgIpc) is 2.09. The number of benzene rings is 1. The van der Waals surface area contributed by atoms with Gasteiger partial charge in [0.25, 0.3) is 0 Å². The van der Waals surface area contributed by atoms with Gasteiger partial charge in [-0.2, -0.15) is 0 Å². The Balaban J connectivity index is 2.56. The molecule has 0 radical (unpaired) electrons. The minimum Gasteiger partial charge on any atom is -0.330 e. The second-order valence-corrected chi connectivity index (χ2v) is 2.98. The van der Waals surface area contributed by atoms with Crippen molar-refractivity contribution in [1.82, 2.24) is 0 Å². The highest BCUT2D eigenvalue weighted by molar-refractivity contribution is 5.18. The summed E-state index contributed by atoms with van der Waals surface area (Å²) in [6.07, 6.45) is 2.35. The SMILES string of the molecule is NCCCCc1ccc(F)cc1F. The molecule has 0 aromatic heterocycles. The Labute approximate surface area is 76.6 Å². The molecular weight excluding hydrogens is 172 g/mol.